The van der Waals surface area contributed by atoms with E-state index in [9.17, 15) is 33.9 Å². The van der Waals surface area contributed by atoms with Crippen molar-refractivity contribution in [2.45, 2.75) is 57.0 Å². The van der Waals surface area contributed by atoms with Gasteiger partial charge in [0, 0.05) is 49.4 Å². The summed E-state index contributed by atoms with van der Waals surface area (Å²) >= 11 is 12.5. The molecule has 0 bridgehead atoms. The van der Waals surface area contributed by atoms with Gasteiger partial charge in [-0.1, -0.05) is 41.4 Å². The molecule has 18 nitrogen and oxygen atoms in total. The molecule has 3 aromatic rings. The summed E-state index contributed by atoms with van der Waals surface area (Å²) in [5.74, 6) is -2.82. The van der Waals surface area contributed by atoms with E-state index in [1.807, 2.05) is 0 Å². The first-order valence-corrected chi connectivity index (χ1v) is 19.7. The van der Waals surface area contributed by atoms with E-state index < -0.39 is 41.8 Å². The summed E-state index contributed by atoms with van der Waals surface area (Å²) in [6.45, 7) is 3.22. The monoisotopic (exact) mass is 841 g/mol. The van der Waals surface area contributed by atoms with Gasteiger partial charge in [-0.25, -0.2) is 0 Å². The van der Waals surface area contributed by atoms with Gasteiger partial charge >= 0.3 is 0 Å². The highest BCUT2D eigenvalue weighted by molar-refractivity contribution is 6.40. The average molecular weight is 843 g/mol. The lowest BCUT2D eigenvalue weighted by Gasteiger charge is -2.31. The number of rotatable bonds is 18. The molecule has 3 aliphatic heterocycles. The van der Waals surface area contributed by atoms with E-state index in [1.54, 1.807) is 24.3 Å². The fourth-order valence-electron chi connectivity index (χ4n) is 6.88. The number of anilines is 2. The van der Waals surface area contributed by atoms with E-state index in [1.165, 1.54) is 23.0 Å². The van der Waals surface area contributed by atoms with Gasteiger partial charge in [0.1, 0.15) is 6.04 Å². The maximum absolute atomic E-state index is 13.3. The van der Waals surface area contributed by atoms with Crippen LogP contribution in [-0.4, -0.2) is 120 Å². The molecule has 2 unspecified atom stereocenters. The number of amides is 6. The predicted octanol–water partition coefficient (Wildman–Crippen LogP) is 1.83. The standard InChI is InChI=1S/C38H45Cl2N9O9/c39-24-4-2-5-25(40)32(24)35(53)45-27-21-48(47-33(27)36(54)44-22-9-12-41-13-10-22)16-14-43-29(50)11-17-57-19-20-58-18-15-42-26-6-1-3-23-31(26)38(56)49(37(23)55)28-7-8-30(51)46-34(28)52/h1-6,21-22,28,37,41-42,55H,7-20H2,(H,43,50)(H,44,54)(H,45,53)(H,46,51,52). The molecule has 1 aromatic heterocycles. The number of imide groups is 1. The topological polar surface area (TPSA) is 234 Å². The Morgan fingerprint density at radius 1 is 0.897 bits per heavy atom. The summed E-state index contributed by atoms with van der Waals surface area (Å²) < 4.78 is 12.6. The first-order chi connectivity index (χ1) is 28.0. The van der Waals surface area contributed by atoms with Gasteiger partial charge in [0.15, 0.2) is 11.9 Å². The Hall–Kier alpha value is -5.11. The second kappa shape index (κ2) is 20.0. The second-order valence-electron chi connectivity index (χ2n) is 13.8. The number of hydrogen-bond acceptors (Lipinski definition) is 12. The highest BCUT2D eigenvalue weighted by Crippen LogP contribution is 2.38. The number of nitrogens with zero attached hydrogens (tertiary/aromatic N) is 3. The summed E-state index contributed by atoms with van der Waals surface area (Å²) in [5, 5.41) is 32.7. The molecule has 3 aliphatic rings. The number of carbonyl (C=O) groups excluding carboxylic acids is 6. The minimum absolute atomic E-state index is 0.0182. The largest absolute Gasteiger partial charge is 0.382 e. The molecule has 2 saturated heterocycles. The van der Waals surface area contributed by atoms with Crippen molar-refractivity contribution in [1.82, 2.24) is 35.9 Å². The number of nitrogens with one attached hydrogen (secondary N) is 6. The van der Waals surface area contributed by atoms with Gasteiger partial charge in [-0.2, -0.15) is 5.10 Å². The smallest absolute Gasteiger partial charge is 0.274 e. The molecule has 0 saturated carbocycles. The van der Waals surface area contributed by atoms with E-state index in [0.717, 1.165) is 30.8 Å². The fourth-order valence-corrected chi connectivity index (χ4v) is 7.45. The minimum atomic E-state index is -1.31. The summed E-state index contributed by atoms with van der Waals surface area (Å²) in [6.07, 6.45) is 2.02. The van der Waals surface area contributed by atoms with Crippen LogP contribution in [0.3, 0.4) is 0 Å². The van der Waals surface area contributed by atoms with Crippen molar-refractivity contribution in [2.75, 3.05) is 63.2 Å². The third kappa shape index (κ3) is 10.5. The van der Waals surface area contributed by atoms with Crippen LogP contribution in [0.5, 0.6) is 0 Å². The Bertz CT molecular complexity index is 2000. The molecule has 6 rings (SSSR count). The molecule has 7 N–H and O–H groups in total. The lowest BCUT2D eigenvalue weighted by Crippen LogP contribution is -2.53. The van der Waals surface area contributed by atoms with E-state index in [2.05, 4.69) is 37.0 Å². The molecular formula is C38H45Cl2N9O9. The Morgan fingerprint density at radius 2 is 1.62 bits per heavy atom. The zero-order chi connectivity index (χ0) is 41.2. The van der Waals surface area contributed by atoms with Crippen molar-refractivity contribution in [3.05, 3.63) is 75.0 Å². The van der Waals surface area contributed by atoms with Gasteiger partial charge in [-0.15, -0.1) is 0 Å². The van der Waals surface area contributed by atoms with Crippen LogP contribution in [0.1, 0.15) is 75.1 Å². The third-order valence-electron chi connectivity index (χ3n) is 9.79. The molecule has 0 spiro atoms. The molecule has 0 aliphatic carbocycles. The Labute approximate surface area is 343 Å². The molecule has 4 heterocycles. The molecule has 0 radical (unpaired) electrons. The number of hydrogen-bond donors (Lipinski definition) is 7. The molecule has 310 valence electrons. The molecule has 2 aromatic carbocycles. The highest BCUT2D eigenvalue weighted by Gasteiger charge is 2.45. The highest BCUT2D eigenvalue weighted by atomic mass is 35.5. The quantitative estimate of drug-likeness (QED) is 0.0718. The number of fused-ring (bicyclic) bond motifs is 1. The van der Waals surface area contributed by atoms with Gasteiger partial charge < -0.3 is 41.2 Å². The van der Waals surface area contributed by atoms with Crippen LogP contribution < -0.4 is 31.9 Å². The maximum Gasteiger partial charge on any atom is 0.274 e. The maximum atomic E-state index is 13.3. The number of ether oxygens (including phenoxy) is 2. The number of piperidine rings is 2. The van der Waals surface area contributed by atoms with Crippen LogP contribution in [0.2, 0.25) is 10.0 Å². The van der Waals surface area contributed by atoms with Crippen LogP contribution in [0, 0.1) is 0 Å². The predicted molar refractivity (Wildman–Crippen MR) is 211 cm³/mol. The van der Waals surface area contributed by atoms with Gasteiger partial charge in [-0.3, -0.25) is 43.7 Å². The van der Waals surface area contributed by atoms with Crippen molar-refractivity contribution >= 4 is 70.0 Å². The van der Waals surface area contributed by atoms with E-state index >= 15 is 0 Å². The lowest BCUT2D eigenvalue weighted by molar-refractivity contribution is -0.139. The molecule has 2 fully saturated rings. The number of aromatic nitrogens is 2. The first-order valence-electron chi connectivity index (χ1n) is 19.0. The van der Waals surface area contributed by atoms with Crippen LogP contribution >= 0.6 is 23.2 Å². The Morgan fingerprint density at radius 3 is 2.36 bits per heavy atom. The van der Waals surface area contributed by atoms with E-state index in [0.29, 0.717) is 17.8 Å². The molecular weight excluding hydrogens is 797 g/mol. The summed E-state index contributed by atoms with van der Waals surface area (Å²) in [6, 6.07) is 8.72. The van der Waals surface area contributed by atoms with Crippen molar-refractivity contribution in [2.24, 2.45) is 0 Å². The summed E-state index contributed by atoms with van der Waals surface area (Å²) in [5.41, 5.74) is 1.37. The number of aliphatic hydroxyl groups is 1. The summed E-state index contributed by atoms with van der Waals surface area (Å²) in [7, 11) is 0. The van der Waals surface area contributed by atoms with Crippen LogP contribution in [0.15, 0.2) is 42.6 Å². The number of carbonyl (C=O) groups is 6. The van der Waals surface area contributed by atoms with Crippen molar-refractivity contribution < 1.29 is 43.3 Å². The van der Waals surface area contributed by atoms with Crippen molar-refractivity contribution in [3.8, 4) is 0 Å². The summed E-state index contributed by atoms with van der Waals surface area (Å²) in [4.78, 5) is 77.3. The zero-order valence-corrected chi connectivity index (χ0v) is 33.0. The van der Waals surface area contributed by atoms with Crippen molar-refractivity contribution in [1.29, 1.82) is 0 Å². The Kier molecular flexibility index (Phi) is 14.7. The average Bonchev–Trinajstić information content (AvgIpc) is 3.71. The van der Waals surface area contributed by atoms with E-state index in [4.69, 9.17) is 32.7 Å². The first kappa shape index (κ1) is 42.5. The van der Waals surface area contributed by atoms with Gasteiger partial charge in [0.25, 0.3) is 17.7 Å². The van der Waals surface area contributed by atoms with Gasteiger partial charge in [0.2, 0.25) is 17.7 Å². The van der Waals surface area contributed by atoms with Gasteiger partial charge in [-0.05, 0) is 50.6 Å². The lowest BCUT2D eigenvalue weighted by atomic mass is 10.0. The van der Waals surface area contributed by atoms with Gasteiger partial charge in [0.05, 0.1) is 59.8 Å². The van der Waals surface area contributed by atoms with Crippen LogP contribution in [-0.2, 0) is 30.4 Å². The minimum Gasteiger partial charge on any atom is -0.382 e. The number of aliphatic hydroxyl groups excluding tert-OH is 1. The molecule has 58 heavy (non-hydrogen) atoms. The van der Waals surface area contributed by atoms with Crippen LogP contribution in [0.25, 0.3) is 0 Å². The van der Waals surface area contributed by atoms with Crippen molar-refractivity contribution in [3.63, 3.8) is 0 Å². The second-order valence-corrected chi connectivity index (χ2v) is 14.6. The fraction of sp³-hybridized carbons (Fsp3) is 0.447. The van der Waals surface area contributed by atoms with Crippen LogP contribution in [0.4, 0.5) is 11.4 Å². The molecule has 20 heteroatoms. The van der Waals surface area contributed by atoms with E-state index in [-0.39, 0.29) is 103 Å². The normalized spacial score (nSPS) is 18.1. The molecule has 6 amide bonds. The SMILES string of the molecule is O=C(CCOCCOCCNc1cccc2c1C(=O)N(C1CCC(=O)NC1=O)C2O)NCCn1cc(NC(=O)c2c(Cl)cccc2Cl)c(C(=O)NC2CCNCC2)n1. The zero-order valence-electron chi connectivity index (χ0n) is 31.5. The molecule has 2 atom stereocenters. The number of benzene rings is 2. The number of halogens is 2. The third-order valence-corrected chi connectivity index (χ3v) is 10.4. The Balaban J connectivity index is 0.890.